The van der Waals surface area contributed by atoms with Gasteiger partial charge >= 0.3 is 5.97 Å². The number of hydrazine groups is 1. The maximum Gasteiger partial charge on any atom is 0.327 e. The summed E-state index contributed by atoms with van der Waals surface area (Å²) in [7, 11) is 0. The van der Waals surface area contributed by atoms with Crippen molar-refractivity contribution in [3.8, 4) is 0 Å². The summed E-state index contributed by atoms with van der Waals surface area (Å²) in [6.07, 6.45) is 5.65. The van der Waals surface area contributed by atoms with Crippen LogP contribution in [0, 0.1) is 5.92 Å². The Kier molecular flexibility index (Phi) is 6.03. The molecule has 2 rings (SSSR count). The van der Waals surface area contributed by atoms with Crippen LogP contribution in [-0.2, 0) is 9.63 Å². The summed E-state index contributed by atoms with van der Waals surface area (Å²) >= 11 is 0. The Labute approximate surface area is 115 Å². The second-order valence-corrected chi connectivity index (χ2v) is 5.63. The summed E-state index contributed by atoms with van der Waals surface area (Å²) in [5.41, 5.74) is 1.93. The van der Waals surface area contributed by atoms with E-state index in [4.69, 9.17) is 5.84 Å². The molecule has 0 radical (unpaired) electrons. The lowest BCUT2D eigenvalue weighted by Gasteiger charge is -2.33. The van der Waals surface area contributed by atoms with Gasteiger partial charge in [0.05, 0.1) is 6.42 Å². The molecule has 2 aliphatic heterocycles. The third-order valence-electron chi connectivity index (χ3n) is 4.23. The van der Waals surface area contributed by atoms with Crippen LogP contribution < -0.4 is 11.4 Å². The van der Waals surface area contributed by atoms with E-state index in [0.717, 1.165) is 25.6 Å². The normalized spacial score (nSPS) is 22.8. The summed E-state index contributed by atoms with van der Waals surface area (Å²) < 4.78 is 0. The molecule has 2 heterocycles. The minimum absolute atomic E-state index is 0.290. The number of likely N-dealkylation sites (tertiary alicyclic amines) is 2. The minimum Gasteiger partial charge on any atom is -0.356 e. The van der Waals surface area contributed by atoms with Gasteiger partial charge in [0.15, 0.2) is 0 Å². The molecule has 0 unspecified atom stereocenters. The number of hydrogen-bond acceptors (Lipinski definition) is 6. The predicted molar refractivity (Wildman–Crippen MR) is 72.9 cm³/mol. The van der Waals surface area contributed by atoms with Gasteiger partial charge in [0.25, 0.3) is 0 Å². The molecule has 3 N–H and O–H groups in total. The lowest BCUT2D eigenvalue weighted by Crippen LogP contribution is -2.39. The van der Waals surface area contributed by atoms with Gasteiger partial charge in [0.1, 0.15) is 0 Å². The average Bonchev–Trinajstić information content (AvgIpc) is 2.91. The van der Waals surface area contributed by atoms with Crippen molar-refractivity contribution in [2.75, 3.05) is 39.3 Å². The van der Waals surface area contributed by atoms with Crippen molar-refractivity contribution < 1.29 is 9.63 Å². The zero-order valence-corrected chi connectivity index (χ0v) is 11.6. The molecule has 0 saturated carbocycles. The fourth-order valence-corrected chi connectivity index (χ4v) is 3.09. The highest BCUT2D eigenvalue weighted by molar-refractivity contribution is 5.69. The molecule has 0 atom stereocenters. The monoisotopic (exact) mass is 270 g/mol. The molecule has 2 aliphatic rings. The summed E-state index contributed by atoms with van der Waals surface area (Å²) in [6, 6.07) is 0. The zero-order valence-electron chi connectivity index (χ0n) is 11.6. The second-order valence-electron chi connectivity index (χ2n) is 5.63. The van der Waals surface area contributed by atoms with Gasteiger partial charge in [-0.2, -0.15) is 0 Å². The molecule has 6 heteroatoms. The number of nitrogens with zero attached hydrogens (tertiary/aromatic N) is 2. The standard InChI is InChI=1S/C13H26N4O2/c14-15-19-13(18)5-10-16-8-3-12(4-9-16)11-17-6-1-2-7-17/h12,15H,1-11,14H2. The summed E-state index contributed by atoms with van der Waals surface area (Å²) in [5, 5.41) is 0. The van der Waals surface area contributed by atoms with E-state index in [1.165, 1.54) is 45.3 Å². The number of carbonyl (C=O) groups is 1. The molecule has 0 bridgehead atoms. The molecule has 0 aromatic heterocycles. The van der Waals surface area contributed by atoms with Crippen molar-refractivity contribution in [1.82, 2.24) is 15.4 Å². The molecule has 2 saturated heterocycles. The Hall–Kier alpha value is -0.690. The molecule has 0 aromatic carbocycles. The summed E-state index contributed by atoms with van der Waals surface area (Å²) in [4.78, 5) is 20.6. The van der Waals surface area contributed by atoms with E-state index in [9.17, 15) is 4.79 Å². The third kappa shape index (κ3) is 5.06. The highest BCUT2D eigenvalue weighted by Gasteiger charge is 2.23. The number of rotatable bonds is 6. The van der Waals surface area contributed by atoms with Gasteiger partial charge in [-0.1, -0.05) is 5.59 Å². The number of nitrogens with one attached hydrogen (secondary N) is 1. The largest absolute Gasteiger partial charge is 0.356 e. The van der Waals surface area contributed by atoms with Crippen LogP contribution in [0.15, 0.2) is 0 Å². The zero-order chi connectivity index (χ0) is 13.5. The van der Waals surface area contributed by atoms with E-state index >= 15 is 0 Å². The van der Waals surface area contributed by atoms with Crippen molar-refractivity contribution in [2.24, 2.45) is 11.8 Å². The Balaban J connectivity index is 1.58. The first-order valence-corrected chi connectivity index (χ1v) is 7.38. The molecule has 0 aliphatic carbocycles. The van der Waals surface area contributed by atoms with Crippen molar-refractivity contribution in [3.05, 3.63) is 0 Å². The van der Waals surface area contributed by atoms with Crippen molar-refractivity contribution in [3.63, 3.8) is 0 Å². The van der Waals surface area contributed by atoms with Crippen LogP contribution in [0.25, 0.3) is 0 Å². The number of piperidine rings is 1. The fourth-order valence-electron chi connectivity index (χ4n) is 3.09. The molecule has 110 valence electrons. The average molecular weight is 270 g/mol. The molecule has 2 fully saturated rings. The number of hydrogen-bond donors (Lipinski definition) is 2. The van der Waals surface area contributed by atoms with E-state index in [1.54, 1.807) is 0 Å². The van der Waals surface area contributed by atoms with Gasteiger partial charge in [0.2, 0.25) is 0 Å². The second kappa shape index (κ2) is 7.79. The van der Waals surface area contributed by atoms with Gasteiger partial charge in [-0.25, -0.2) is 5.84 Å². The van der Waals surface area contributed by atoms with E-state index in [-0.39, 0.29) is 5.97 Å². The fraction of sp³-hybridized carbons (Fsp3) is 0.923. The quantitative estimate of drug-likeness (QED) is 0.527. The third-order valence-corrected chi connectivity index (χ3v) is 4.23. The first-order valence-electron chi connectivity index (χ1n) is 7.38. The van der Waals surface area contributed by atoms with Gasteiger partial charge in [-0.05, 0) is 57.8 Å². The maximum absolute atomic E-state index is 11.2. The van der Waals surface area contributed by atoms with Crippen molar-refractivity contribution >= 4 is 5.97 Å². The number of nitrogens with two attached hydrogens (primary N) is 1. The Morgan fingerprint density at radius 1 is 1.16 bits per heavy atom. The summed E-state index contributed by atoms with van der Waals surface area (Å²) in [5.74, 6) is 5.47. The van der Waals surface area contributed by atoms with Crippen LogP contribution >= 0.6 is 0 Å². The minimum atomic E-state index is -0.290. The lowest BCUT2D eigenvalue weighted by molar-refractivity contribution is -0.151. The van der Waals surface area contributed by atoms with Crippen molar-refractivity contribution in [2.45, 2.75) is 32.1 Å². The molecule has 0 amide bonds. The Morgan fingerprint density at radius 2 is 1.84 bits per heavy atom. The smallest absolute Gasteiger partial charge is 0.327 e. The van der Waals surface area contributed by atoms with Crippen molar-refractivity contribution in [1.29, 1.82) is 0 Å². The Morgan fingerprint density at radius 3 is 2.47 bits per heavy atom. The molecule has 0 spiro atoms. The highest BCUT2D eigenvalue weighted by Crippen LogP contribution is 2.20. The van der Waals surface area contributed by atoms with Gasteiger partial charge in [-0.15, -0.1) is 0 Å². The molecule has 6 nitrogen and oxygen atoms in total. The van der Waals surface area contributed by atoms with Crippen LogP contribution in [0.1, 0.15) is 32.1 Å². The summed E-state index contributed by atoms with van der Waals surface area (Å²) in [6.45, 7) is 6.82. The predicted octanol–water partition coefficient (Wildman–Crippen LogP) is 0.106. The van der Waals surface area contributed by atoms with Crippen LogP contribution in [0.2, 0.25) is 0 Å². The number of carbonyl (C=O) groups excluding carboxylic acids is 1. The maximum atomic E-state index is 11.2. The van der Waals surface area contributed by atoms with Crippen LogP contribution in [0.5, 0.6) is 0 Å². The van der Waals surface area contributed by atoms with E-state index in [1.807, 2.05) is 5.59 Å². The molecule has 19 heavy (non-hydrogen) atoms. The molecule has 0 aromatic rings. The highest BCUT2D eigenvalue weighted by atomic mass is 16.7. The first-order chi connectivity index (χ1) is 9.28. The van der Waals surface area contributed by atoms with Crippen LogP contribution in [-0.4, -0.2) is 55.0 Å². The van der Waals surface area contributed by atoms with Crippen LogP contribution in [0.4, 0.5) is 0 Å². The van der Waals surface area contributed by atoms with Gasteiger partial charge < -0.3 is 14.6 Å². The topological polar surface area (TPSA) is 70.8 Å². The first kappa shape index (κ1) is 14.7. The van der Waals surface area contributed by atoms with Gasteiger partial charge in [-0.3, -0.25) is 4.79 Å². The van der Waals surface area contributed by atoms with E-state index < -0.39 is 0 Å². The van der Waals surface area contributed by atoms with E-state index in [0.29, 0.717) is 6.42 Å². The molecular formula is C13H26N4O2. The van der Waals surface area contributed by atoms with Gasteiger partial charge in [0, 0.05) is 13.1 Å². The Bertz CT molecular complexity index is 274. The van der Waals surface area contributed by atoms with E-state index in [2.05, 4.69) is 14.6 Å². The lowest BCUT2D eigenvalue weighted by atomic mass is 9.96. The van der Waals surface area contributed by atoms with Crippen LogP contribution in [0.3, 0.4) is 0 Å². The SMILES string of the molecule is NNOC(=O)CCN1CCC(CN2CCCC2)CC1. The molecular weight excluding hydrogens is 244 g/mol.